The van der Waals surface area contributed by atoms with E-state index in [1.807, 2.05) is 12.1 Å². The largest absolute Gasteiger partial charge is 0.424 e. The van der Waals surface area contributed by atoms with Crippen LogP contribution in [0.15, 0.2) is 22.6 Å². The topological polar surface area (TPSA) is 58.5 Å². The Morgan fingerprint density at radius 2 is 2.00 bits per heavy atom. The van der Waals surface area contributed by atoms with Crippen LogP contribution in [0.2, 0.25) is 0 Å². The fraction of sp³-hybridized carbons (Fsp3) is 0.417. The normalized spacial score (nSPS) is 17.8. The second kappa shape index (κ2) is 3.92. The highest BCUT2D eigenvalue weighted by atomic mass is 16.4. The molecule has 1 aliphatic rings. The van der Waals surface area contributed by atoms with Crippen LogP contribution < -0.4 is 10.6 Å². The third-order valence-corrected chi connectivity index (χ3v) is 3.26. The number of nitrogen functional groups attached to an aromatic ring is 1. The minimum absolute atomic E-state index is 0.232. The smallest absolute Gasteiger partial charge is 0.292 e. The molecule has 1 saturated heterocycles. The summed E-state index contributed by atoms with van der Waals surface area (Å²) in [6.07, 6.45) is 0. The summed E-state index contributed by atoms with van der Waals surface area (Å²) in [5.41, 5.74) is 8.30. The predicted octanol–water partition coefficient (Wildman–Crippen LogP) is 1.16. The number of anilines is 2. The van der Waals surface area contributed by atoms with Gasteiger partial charge in [0.25, 0.3) is 6.01 Å². The van der Waals surface area contributed by atoms with Gasteiger partial charge in [0.05, 0.1) is 0 Å². The molecule has 0 atom stereocenters. The van der Waals surface area contributed by atoms with Crippen molar-refractivity contribution in [2.24, 2.45) is 0 Å². The minimum atomic E-state index is 0.232. The van der Waals surface area contributed by atoms with Gasteiger partial charge in [0.1, 0.15) is 5.52 Å². The lowest BCUT2D eigenvalue weighted by Gasteiger charge is -2.33. The van der Waals surface area contributed by atoms with Crippen LogP contribution in [0, 0.1) is 0 Å². The van der Waals surface area contributed by atoms with Crippen molar-refractivity contribution in [2.45, 2.75) is 0 Å². The van der Waals surface area contributed by atoms with Crippen molar-refractivity contribution in [1.82, 2.24) is 9.88 Å². The quantitative estimate of drug-likeness (QED) is 0.799. The Balaban J connectivity index is 1.89. The second-order valence-corrected chi connectivity index (χ2v) is 4.49. The Labute approximate surface area is 99.8 Å². The Morgan fingerprint density at radius 1 is 1.24 bits per heavy atom. The molecule has 0 radical (unpaired) electrons. The molecule has 1 aromatic carbocycles. The Morgan fingerprint density at radius 3 is 2.76 bits per heavy atom. The molecule has 2 N–H and O–H groups in total. The lowest BCUT2D eigenvalue weighted by atomic mass is 10.2. The zero-order valence-electron chi connectivity index (χ0n) is 9.89. The van der Waals surface area contributed by atoms with E-state index in [0.29, 0.717) is 0 Å². The SMILES string of the molecule is CN1CCN(c2ccc3nc(N)oc3c2)CC1. The maximum atomic E-state index is 5.54. The third kappa shape index (κ3) is 1.93. The van der Waals surface area contributed by atoms with E-state index in [-0.39, 0.29) is 6.01 Å². The molecule has 2 heterocycles. The summed E-state index contributed by atoms with van der Waals surface area (Å²) in [4.78, 5) is 8.79. The Kier molecular flexibility index (Phi) is 2.40. The third-order valence-electron chi connectivity index (χ3n) is 3.26. The average molecular weight is 232 g/mol. The number of aromatic nitrogens is 1. The molecule has 0 saturated carbocycles. The number of benzene rings is 1. The maximum absolute atomic E-state index is 5.54. The first kappa shape index (κ1) is 10.4. The van der Waals surface area contributed by atoms with E-state index in [2.05, 4.69) is 27.9 Å². The van der Waals surface area contributed by atoms with E-state index in [0.717, 1.165) is 37.3 Å². The molecule has 3 rings (SSSR count). The zero-order chi connectivity index (χ0) is 11.8. The van der Waals surface area contributed by atoms with Crippen LogP contribution in [0.4, 0.5) is 11.7 Å². The number of oxazole rings is 1. The van der Waals surface area contributed by atoms with Crippen molar-refractivity contribution in [3.63, 3.8) is 0 Å². The van der Waals surface area contributed by atoms with Crippen LogP contribution in [0.3, 0.4) is 0 Å². The van der Waals surface area contributed by atoms with Gasteiger partial charge < -0.3 is 20.0 Å². The molecule has 1 aromatic heterocycles. The van der Waals surface area contributed by atoms with Crippen LogP contribution >= 0.6 is 0 Å². The lowest BCUT2D eigenvalue weighted by molar-refractivity contribution is 0.313. The summed E-state index contributed by atoms with van der Waals surface area (Å²) in [5.74, 6) is 0. The summed E-state index contributed by atoms with van der Waals surface area (Å²) in [6, 6.07) is 6.29. The first-order valence-electron chi connectivity index (χ1n) is 5.82. The van der Waals surface area contributed by atoms with E-state index in [1.54, 1.807) is 0 Å². The van der Waals surface area contributed by atoms with Gasteiger partial charge in [-0.05, 0) is 19.2 Å². The van der Waals surface area contributed by atoms with Gasteiger partial charge in [0.2, 0.25) is 0 Å². The predicted molar refractivity (Wildman–Crippen MR) is 68.1 cm³/mol. The fourth-order valence-corrected chi connectivity index (χ4v) is 2.19. The summed E-state index contributed by atoms with van der Waals surface area (Å²) < 4.78 is 5.35. The highest BCUT2D eigenvalue weighted by Crippen LogP contribution is 2.24. The molecule has 5 nitrogen and oxygen atoms in total. The number of likely N-dealkylation sites (N-methyl/N-ethyl adjacent to an activating group) is 1. The summed E-state index contributed by atoms with van der Waals surface area (Å²) in [6.45, 7) is 4.28. The monoisotopic (exact) mass is 232 g/mol. The van der Waals surface area contributed by atoms with Gasteiger partial charge >= 0.3 is 0 Å². The van der Waals surface area contributed by atoms with Crippen molar-refractivity contribution >= 4 is 22.8 Å². The molecule has 0 amide bonds. The first-order valence-corrected chi connectivity index (χ1v) is 5.82. The molecule has 90 valence electrons. The van der Waals surface area contributed by atoms with E-state index in [4.69, 9.17) is 10.2 Å². The summed E-state index contributed by atoms with van der Waals surface area (Å²) >= 11 is 0. The van der Waals surface area contributed by atoms with Crippen LogP contribution in [0.25, 0.3) is 11.1 Å². The molecule has 5 heteroatoms. The average Bonchev–Trinajstić information content (AvgIpc) is 2.69. The molecule has 2 aromatic rings. The minimum Gasteiger partial charge on any atom is -0.424 e. The molecule has 0 spiro atoms. The Hall–Kier alpha value is -1.75. The molecule has 1 fully saturated rings. The van der Waals surface area contributed by atoms with Gasteiger partial charge in [-0.2, -0.15) is 4.98 Å². The second-order valence-electron chi connectivity index (χ2n) is 4.49. The van der Waals surface area contributed by atoms with Gasteiger partial charge in [0, 0.05) is 37.9 Å². The molecule has 0 unspecified atom stereocenters. The number of hydrogen-bond acceptors (Lipinski definition) is 5. The highest BCUT2D eigenvalue weighted by Gasteiger charge is 2.15. The van der Waals surface area contributed by atoms with E-state index in [1.165, 1.54) is 5.69 Å². The highest BCUT2D eigenvalue weighted by molar-refractivity contribution is 5.78. The van der Waals surface area contributed by atoms with Gasteiger partial charge in [-0.3, -0.25) is 0 Å². The van der Waals surface area contributed by atoms with Gasteiger partial charge in [0.15, 0.2) is 5.58 Å². The Bertz CT molecular complexity index is 528. The van der Waals surface area contributed by atoms with Crippen molar-refractivity contribution in [3.05, 3.63) is 18.2 Å². The number of rotatable bonds is 1. The van der Waals surface area contributed by atoms with E-state index < -0.39 is 0 Å². The fourth-order valence-electron chi connectivity index (χ4n) is 2.19. The van der Waals surface area contributed by atoms with E-state index >= 15 is 0 Å². The summed E-state index contributed by atoms with van der Waals surface area (Å²) in [5, 5.41) is 0. The van der Waals surface area contributed by atoms with Crippen molar-refractivity contribution in [3.8, 4) is 0 Å². The van der Waals surface area contributed by atoms with Gasteiger partial charge in [-0.25, -0.2) is 0 Å². The molecule has 1 aliphatic heterocycles. The van der Waals surface area contributed by atoms with Crippen molar-refractivity contribution in [1.29, 1.82) is 0 Å². The standard InChI is InChI=1S/C12H16N4O/c1-15-4-6-16(7-5-15)9-2-3-10-11(8-9)17-12(13)14-10/h2-3,8H,4-7H2,1H3,(H2,13,14). The molecular formula is C12H16N4O. The van der Waals surface area contributed by atoms with Crippen molar-refractivity contribution in [2.75, 3.05) is 43.9 Å². The number of nitrogens with two attached hydrogens (primary N) is 1. The lowest BCUT2D eigenvalue weighted by Crippen LogP contribution is -2.44. The van der Waals surface area contributed by atoms with Crippen LogP contribution in [-0.2, 0) is 0 Å². The molecule has 0 aliphatic carbocycles. The number of hydrogen-bond donors (Lipinski definition) is 1. The van der Waals surface area contributed by atoms with Gasteiger partial charge in [-0.15, -0.1) is 0 Å². The molecule has 17 heavy (non-hydrogen) atoms. The summed E-state index contributed by atoms with van der Waals surface area (Å²) in [7, 11) is 2.15. The molecule has 0 bridgehead atoms. The molecular weight excluding hydrogens is 216 g/mol. The van der Waals surface area contributed by atoms with Crippen molar-refractivity contribution < 1.29 is 4.42 Å². The van der Waals surface area contributed by atoms with Crippen LogP contribution in [-0.4, -0.2) is 43.1 Å². The van der Waals surface area contributed by atoms with Crippen LogP contribution in [0.1, 0.15) is 0 Å². The number of nitrogens with zero attached hydrogens (tertiary/aromatic N) is 3. The van der Waals surface area contributed by atoms with Gasteiger partial charge in [-0.1, -0.05) is 0 Å². The van der Waals surface area contributed by atoms with E-state index in [9.17, 15) is 0 Å². The number of fused-ring (bicyclic) bond motifs is 1. The van der Waals surface area contributed by atoms with Crippen LogP contribution in [0.5, 0.6) is 0 Å². The zero-order valence-corrected chi connectivity index (χ0v) is 9.89. The number of piperazine rings is 1. The maximum Gasteiger partial charge on any atom is 0.292 e. The first-order chi connectivity index (χ1) is 8.22.